The Morgan fingerprint density at radius 3 is 1.67 bits per heavy atom. The van der Waals surface area contributed by atoms with Gasteiger partial charge in [-0.1, -0.05) is 0 Å². The van der Waals surface area contributed by atoms with E-state index in [4.69, 9.17) is 0 Å². The van der Waals surface area contributed by atoms with Crippen LogP contribution < -0.4 is 0 Å². The first-order valence-corrected chi connectivity index (χ1v) is 8.93. The SMILES string of the molecule is C1=CC(C2C=CCC[Se]2)[Se]CC1. The first-order valence-electron chi connectivity index (χ1n) is 4.53. The molecule has 12 heavy (non-hydrogen) atoms. The van der Waals surface area contributed by atoms with Gasteiger partial charge in [0.2, 0.25) is 0 Å². The maximum absolute atomic E-state index is 2.49. The van der Waals surface area contributed by atoms with Gasteiger partial charge in [-0.2, -0.15) is 0 Å². The van der Waals surface area contributed by atoms with Crippen LogP contribution in [0.25, 0.3) is 0 Å². The number of hydrogen-bond donors (Lipinski definition) is 0. The number of rotatable bonds is 1. The van der Waals surface area contributed by atoms with Crippen LogP contribution in [0, 0.1) is 0 Å². The van der Waals surface area contributed by atoms with Gasteiger partial charge in [-0.3, -0.25) is 0 Å². The summed E-state index contributed by atoms with van der Waals surface area (Å²) in [5, 5.41) is 2.96. The minimum absolute atomic E-state index is 0.906. The van der Waals surface area contributed by atoms with Crippen LogP contribution in [0.5, 0.6) is 0 Å². The predicted molar refractivity (Wildman–Crippen MR) is 56.1 cm³/mol. The van der Waals surface area contributed by atoms with E-state index in [9.17, 15) is 0 Å². The molecule has 2 rings (SSSR count). The van der Waals surface area contributed by atoms with Crippen molar-refractivity contribution in [2.45, 2.75) is 33.1 Å². The topological polar surface area (TPSA) is 0 Å². The number of hydrogen-bond acceptors (Lipinski definition) is 0. The van der Waals surface area contributed by atoms with Crippen molar-refractivity contribution in [3.05, 3.63) is 24.3 Å². The molecule has 0 aromatic carbocycles. The molecule has 2 heteroatoms. The van der Waals surface area contributed by atoms with Crippen molar-refractivity contribution in [1.29, 1.82) is 0 Å². The summed E-state index contributed by atoms with van der Waals surface area (Å²) in [5.41, 5.74) is 0. The molecular weight excluding hydrogens is 278 g/mol. The van der Waals surface area contributed by atoms with Gasteiger partial charge in [0.1, 0.15) is 0 Å². The van der Waals surface area contributed by atoms with Crippen molar-refractivity contribution < 1.29 is 0 Å². The van der Waals surface area contributed by atoms with Crippen LogP contribution in [-0.4, -0.2) is 29.9 Å². The van der Waals surface area contributed by atoms with E-state index >= 15 is 0 Å². The maximum atomic E-state index is 2.49. The molecule has 66 valence electrons. The summed E-state index contributed by atoms with van der Waals surface area (Å²) in [6, 6.07) is 0. The van der Waals surface area contributed by atoms with E-state index in [0.29, 0.717) is 0 Å². The Morgan fingerprint density at radius 1 is 0.833 bits per heavy atom. The molecule has 2 aliphatic rings. The van der Waals surface area contributed by atoms with Gasteiger partial charge in [0, 0.05) is 0 Å². The van der Waals surface area contributed by atoms with Gasteiger partial charge in [0.25, 0.3) is 0 Å². The van der Waals surface area contributed by atoms with Crippen molar-refractivity contribution in [3.8, 4) is 0 Å². The minimum atomic E-state index is 0.906. The van der Waals surface area contributed by atoms with Gasteiger partial charge in [0.05, 0.1) is 0 Å². The summed E-state index contributed by atoms with van der Waals surface area (Å²) in [7, 11) is 0. The molecule has 2 heterocycles. The number of allylic oxidation sites excluding steroid dienone is 4. The van der Waals surface area contributed by atoms with Gasteiger partial charge < -0.3 is 0 Å². The van der Waals surface area contributed by atoms with E-state index in [1.165, 1.54) is 23.5 Å². The van der Waals surface area contributed by atoms with Crippen LogP contribution in [0.1, 0.15) is 12.8 Å². The summed E-state index contributed by atoms with van der Waals surface area (Å²) in [6.45, 7) is 0. The molecule has 2 unspecified atom stereocenters. The molecule has 0 aliphatic carbocycles. The average Bonchev–Trinajstić information content (AvgIpc) is 2.21. The molecule has 0 saturated heterocycles. The first-order chi connectivity index (χ1) is 5.97. The second-order valence-corrected chi connectivity index (χ2v) is 8.50. The third-order valence-corrected chi connectivity index (χ3v) is 8.52. The molecule has 0 N–H and O–H groups in total. The van der Waals surface area contributed by atoms with Crippen LogP contribution in [0.15, 0.2) is 24.3 Å². The van der Waals surface area contributed by atoms with Crippen LogP contribution in [0.2, 0.25) is 20.3 Å². The van der Waals surface area contributed by atoms with Gasteiger partial charge in [-0.15, -0.1) is 0 Å². The van der Waals surface area contributed by atoms with Crippen molar-refractivity contribution in [2.75, 3.05) is 0 Å². The normalized spacial score (nSPS) is 35.3. The molecule has 0 saturated carbocycles. The molecule has 2 atom stereocenters. The first kappa shape index (κ1) is 9.09. The van der Waals surface area contributed by atoms with Crippen LogP contribution in [-0.2, 0) is 0 Å². The van der Waals surface area contributed by atoms with Gasteiger partial charge in [-0.25, -0.2) is 0 Å². The second-order valence-electron chi connectivity index (χ2n) is 3.10. The molecule has 0 aromatic rings. The molecule has 0 nitrogen and oxygen atoms in total. The Balaban J connectivity index is 1.97. The standard InChI is InChI=1S/C10H14Se2/c1-3-7-11-9(5-1)10-6-2-4-8-12-10/h1-2,5-6,9-10H,3-4,7-8H2. The summed E-state index contributed by atoms with van der Waals surface area (Å²) in [5.74, 6) is 0. The Morgan fingerprint density at radius 2 is 1.33 bits per heavy atom. The van der Waals surface area contributed by atoms with Crippen LogP contribution >= 0.6 is 0 Å². The Bertz CT molecular complexity index is 174. The van der Waals surface area contributed by atoms with E-state index in [2.05, 4.69) is 24.3 Å². The van der Waals surface area contributed by atoms with Crippen molar-refractivity contribution in [2.24, 2.45) is 0 Å². The quantitative estimate of drug-likeness (QED) is 0.515. The van der Waals surface area contributed by atoms with E-state index in [0.717, 1.165) is 39.5 Å². The molecule has 2 aliphatic heterocycles. The zero-order chi connectivity index (χ0) is 8.23. The summed E-state index contributed by atoms with van der Waals surface area (Å²) >= 11 is 1.81. The van der Waals surface area contributed by atoms with Crippen molar-refractivity contribution in [1.82, 2.24) is 0 Å². The fourth-order valence-corrected chi connectivity index (χ4v) is 7.63. The fraction of sp³-hybridized carbons (Fsp3) is 0.600. The summed E-state index contributed by atoms with van der Waals surface area (Å²) in [4.78, 5) is 1.92. The zero-order valence-corrected chi connectivity index (χ0v) is 10.5. The van der Waals surface area contributed by atoms with E-state index < -0.39 is 0 Å². The van der Waals surface area contributed by atoms with E-state index in [1.54, 1.807) is 0 Å². The molecule has 0 bridgehead atoms. The Labute approximate surface area is 87.2 Å². The molecule has 0 spiro atoms. The predicted octanol–water partition coefficient (Wildman–Crippen LogP) is 2.73. The average molecular weight is 292 g/mol. The van der Waals surface area contributed by atoms with E-state index in [-0.39, 0.29) is 0 Å². The van der Waals surface area contributed by atoms with Crippen molar-refractivity contribution >= 4 is 29.9 Å². The fourth-order valence-electron chi connectivity index (χ4n) is 1.52. The Kier molecular flexibility index (Phi) is 3.54. The molecule has 0 fully saturated rings. The monoisotopic (exact) mass is 294 g/mol. The third-order valence-electron chi connectivity index (χ3n) is 2.16. The van der Waals surface area contributed by atoms with Crippen LogP contribution in [0.4, 0.5) is 0 Å². The molecule has 0 amide bonds. The van der Waals surface area contributed by atoms with Gasteiger partial charge in [0.15, 0.2) is 0 Å². The summed E-state index contributed by atoms with van der Waals surface area (Å²) < 4.78 is 0. The molecule has 0 aromatic heterocycles. The van der Waals surface area contributed by atoms with E-state index in [1.807, 2.05) is 0 Å². The Hall–Kier alpha value is 0.519. The molecule has 0 radical (unpaired) electrons. The van der Waals surface area contributed by atoms with Gasteiger partial charge in [-0.05, 0) is 0 Å². The van der Waals surface area contributed by atoms with Gasteiger partial charge >= 0.3 is 87.3 Å². The third kappa shape index (κ3) is 2.26. The van der Waals surface area contributed by atoms with Crippen LogP contribution in [0.3, 0.4) is 0 Å². The summed E-state index contributed by atoms with van der Waals surface area (Å²) in [6.07, 6.45) is 12.5. The molecular formula is C10H14Se2. The zero-order valence-electron chi connectivity index (χ0n) is 7.11. The second kappa shape index (κ2) is 4.67. The van der Waals surface area contributed by atoms with Crippen molar-refractivity contribution in [3.63, 3.8) is 0 Å².